The first-order valence-electron chi connectivity index (χ1n) is 10.6. The van der Waals surface area contributed by atoms with Crippen LogP contribution >= 0.6 is 0 Å². The maximum atomic E-state index is 12.8. The molecule has 0 spiro atoms. The summed E-state index contributed by atoms with van der Waals surface area (Å²) >= 11 is 0. The Morgan fingerprint density at radius 1 is 0.969 bits per heavy atom. The summed E-state index contributed by atoms with van der Waals surface area (Å²) in [6.07, 6.45) is 0.415. The third kappa shape index (κ3) is 6.35. The predicted octanol–water partition coefficient (Wildman–Crippen LogP) is 3.59. The van der Waals surface area contributed by atoms with Gasteiger partial charge in [0.1, 0.15) is 24.0 Å². The zero-order valence-corrected chi connectivity index (χ0v) is 19.4. The van der Waals surface area contributed by atoms with Crippen LogP contribution in [0.15, 0.2) is 42.6 Å². The maximum absolute atomic E-state index is 12.8. The van der Waals surface area contributed by atoms with E-state index in [4.69, 9.17) is 14.2 Å². The molecule has 2 aromatic rings. The molecule has 8 nitrogen and oxygen atoms in total. The number of aromatic hydroxyl groups is 1. The summed E-state index contributed by atoms with van der Waals surface area (Å²) in [5.41, 5.74) is -0.239. The molecule has 3 atom stereocenters. The van der Waals surface area contributed by atoms with Crippen LogP contribution in [0.5, 0.6) is 17.2 Å². The Bertz CT molecular complexity index is 901. The molecule has 0 saturated carbocycles. The minimum atomic E-state index is -0.972. The summed E-state index contributed by atoms with van der Waals surface area (Å²) < 4.78 is 16.9. The van der Waals surface area contributed by atoms with E-state index >= 15 is 0 Å². The number of rotatable bonds is 10. The molecule has 0 aliphatic carbocycles. The van der Waals surface area contributed by atoms with E-state index in [0.29, 0.717) is 5.75 Å². The van der Waals surface area contributed by atoms with Gasteiger partial charge in [-0.1, -0.05) is 45.9 Å². The number of amides is 1. The highest BCUT2D eigenvalue weighted by atomic mass is 16.6. The lowest BCUT2D eigenvalue weighted by atomic mass is 9.93. The molecule has 0 radical (unpaired) electrons. The van der Waals surface area contributed by atoms with E-state index < -0.39 is 29.8 Å². The van der Waals surface area contributed by atoms with Crippen molar-refractivity contribution in [2.24, 2.45) is 11.8 Å². The lowest BCUT2D eigenvalue weighted by molar-refractivity contribution is -0.161. The Morgan fingerprint density at radius 3 is 2.16 bits per heavy atom. The summed E-state index contributed by atoms with van der Waals surface area (Å²) in [5, 5.41) is 12.6. The number of esters is 1. The number of hydrogen-bond donors (Lipinski definition) is 2. The minimum absolute atomic E-state index is 0.0259. The van der Waals surface area contributed by atoms with Gasteiger partial charge in [0, 0.05) is 12.3 Å². The fourth-order valence-electron chi connectivity index (χ4n) is 3.15. The number of hydrogen-bond acceptors (Lipinski definition) is 7. The zero-order valence-electron chi connectivity index (χ0n) is 19.4. The van der Waals surface area contributed by atoms with Crippen molar-refractivity contribution in [1.29, 1.82) is 0 Å². The summed E-state index contributed by atoms with van der Waals surface area (Å²) in [6, 6.07) is 9.81. The van der Waals surface area contributed by atoms with Crippen molar-refractivity contribution in [2.45, 2.75) is 52.9 Å². The second kappa shape index (κ2) is 11.4. The van der Waals surface area contributed by atoms with Crippen molar-refractivity contribution < 1.29 is 28.9 Å². The van der Waals surface area contributed by atoms with Crippen LogP contribution in [0.2, 0.25) is 0 Å². The Balaban J connectivity index is 2.11. The summed E-state index contributed by atoms with van der Waals surface area (Å²) in [5.74, 6) is -0.883. The molecule has 8 heteroatoms. The molecule has 0 unspecified atom stereocenters. The van der Waals surface area contributed by atoms with E-state index in [9.17, 15) is 14.7 Å². The van der Waals surface area contributed by atoms with Crippen molar-refractivity contribution >= 4 is 11.9 Å². The number of nitrogens with one attached hydrogen (secondary N) is 1. The second-order valence-corrected chi connectivity index (χ2v) is 8.19. The van der Waals surface area contributed by atoms with Crippen LogP contribution in [0.1, 0.15) is 45.1 Å². The smallest absolute Gasteiger partial charge is 0.328 e. The van der Waals surface area contributed by atoms with Gasteiger partial charge in [0.2, 0.25) is 0 Å². The summed E-state index contributed by atoms with van der Waals surface area (Å²) in [6.45, 7) is 9.40. The molecule has 0 saturated heterocycles. The van der Waals surface area contributed by atoms with Gasteiger partial charge in [-0.3, -0.25) is 4.79 Å². The van der Waals surface area contributed by atoms with E-state index in [1.807, 2.05) is 58.0 Å². The highest BCUT2D eigenvalue weighted by molar-refractivity contribution is 5.97. The van der Waals surface area contributed by atoms with Gasteiger partial charge in [-0.25, -0.2) is 9.78 Å². The molecule has 1 aromatic carbocycles. The number of ether oxygens (including phenoxy) is 3. The lowest BCUT2D eigenvalue weighted by Gasteiger charge is -2.33. The standard InChI is InChI=1S/C24H32N2O6/c1-14(2)21(31-17-10-8-7-9-11-17)22(15(3)4)32-24(29)16(5)26-23(28)19-20(27)18(30-6)12-13-25-19/h7-16,21-22,27H,1-6H3,(H,26,28)/t16-,21+,22-/m0/s1. The van der Waals surface area contributed by atoms with E-state index in [2.05, 4.69) is 10.3 Å². The van der Waals surface area contributed by atoms with E-state index in [0.717, 1.165) is 0 Å². The van der Waals surface area contributed by atoms with Crippen molar-refractivity contribution in [3.8, 4) is 17.2 Å². The van der Waals surface area contributed by atoms with E-state index in [1.54, 1.807) is 0 Å². The molecule has 174 valence electrons. The average Bonchev–Trinajstić information content (AvgIpc) is 2.76. The molecule has 0 fully saturated rings. The van der Waals surface area contributed by atoms with Crippen LogP contribution in [0.25, 0.3) is 0 Å². The number of para-hydroxylation sites is 1. The molecule has 1 aromatic heterocycles. The minimum Gasteiger partial charge on any atom is -0.503 e. The first-order chi connectivity index (χ1) is 15.1. The molecular weight excluding hydrogens is 412 g/mol. The van der Waals surface area contributed by atoms with Crippen molar-refractivity contribution in [1.82, 2.24) is 10.3 Å². The number of pyridine rings is 1. The maximum Gasteiger partial charge on any atom is 0.328 e. The summed E-state index contributed by atoms with van der Waals surface area (Å²) in [7, 11) is 1.37. The molecule has 0 bridgehead atoms. The Kier molecular flexibility index (Phi) is 8.87. The van der Waals surface area contributed by atoms with Crippen molar-refractivity contribution in [2.75, 3.05) is 7.11 Å². The van der Waals surface area contributed by atoms with Gasteiger partial charge in [0.25, 0.3) is 5.91 Å². The monoisotopic (exact) mass is 444 g/mol. The Labute approximate surface area is 188 Å². The van der Waals surface area contributed by atoms with Gasteiger partial charge in [-0.05, 0) is 30.9 Å². The van der Waals surface area contributed by atoms with E-state index in [1.165, 1.54) is 26.3 Å². The van der Waals surface area contributed by atoms with Gasteiger partial charge in [0.05, 0.1) is 7.11 Å². The lowest BCUT2D eigenvalue weighted by Crippen LogP contribution is -2.47. The van der Waals surface area contributed by atoms with Gasteiger partial charge in [-0.15, -0.1) is 0 Å². The quantitative estimate of drug-likeness (QED) is 0.539. The van der Waals surface area contributed by atoms with Crippen LogP contribution in [-0.2, 0) is 9.53 Å². The SMILES string of the molecule is COc1ccnc(C(=O)N[C@@H](C)C(=O)O[C@@H](C(C)C)[C@H](Oc2ccccc2)C(C)C)c1O. The fourth-order valence-corrected chi connectivity index (χ4v) is 3.15. The number of benzene rings is 1. The van der Waals surface area contributed by atoms with Crippen LogP contribution in [0, 0.1) is 11.8 Å². The molecule has 1 amide bonds. The molecule has 1 heterocycles. The molecule has 2 rings (SSSR count). The number of carbonyl (C=O) groups excluding carboxylic acids is 2. The molecular formula is C24H32N2O6. The van der Waals surface area contributed by atoms with Crippen LogP contribution in [-0.4, -0.2) is 47.3 Å². The highest BCUT2D eigenvalue weighted by Gasteiger charge is 2.34. The Morgan fingerprint density at radius 2 is 1.59 bits per heavy atom. The third-order valence-electron chi connectivity index (χ3n) is 4.93. The molecule has 0 aliphatic heterocycles. The van der Waals surface area contributed by atoms with Crippen LogP contribution in [0.4, 0.5) is 0 Å². The van der Waals surface area contributed by atoms with E-state index in [-0.39, 0.29) is 29.4 Å². The van der Waals surface area contributed by atoms with Gasteiger partial charge in [0.15, 0.2) is 17.2 Å². The molecule has 32 heavy (non-hydrogen) atoms. The van der Waals surface area contributed by atoms with Gasteiger partial charge >= 0.3 is 5.97 Å². The largest absolute Gasteiger partial charge is 0.503 e. The first-order valence-corrected chi connectivity index (χ1v) is 10.6. The first kappa shape index (κ1) is 25.0. The van der Waals surface area contributed by atoms with Gasteiger partial charge < -0.3 is 24.6 Å². The van der Waals surface area contributed by atoms with Crippen LogP contribution in [0.3, 0.4) is 0 Å². The van der Waals surface area contributed by atoms with Crippen LogP contribution < -0.4 is 14.8 Å². The average molecular weight is 445 g/mol. The Hall–Kier alpha value is -3.29. The number of aromatic nitrogens is 1. The second-order valence-electron chi connectivity index (χ2n) is 8.19. The van der Waals surface area contributed by atoms with Crippen molar-refractivity contribution in [3.05, 3.63) is 48.3 Å². The highest BCUT2D eigenvalue weighted by Crippen LogP contribution is 2.28. The topological polar surface area (TPSA) is 107 Å². The zero-order chi connectivity index (χ0) is 23.8. The van der Waals surface area contributed by atoms with Crippen molar-refractivity contribution in [3.63, 3.8) is 0 Å². The number of carbonyl (C=O) groups is 2. The number of nitrogens with zero attached hydrogens (tertiary/aromatic N) is 1. The van der Waals surface area contributed by atoms with Gasteiger partial charge in [-0.2, -0.15) is 0 Å². The third-order valence-corrected chi connectivity index (χ3v) is 4.93. The molecule has 2 N–H and O–H groups in total. The predicted molar refractivity (Wildman–Crippen MR) is 120 cm³/mol. The fraction of sp³-hybridized carbons (Fsp3) is 0.458. The summed E-state index contributed by atoms with van der Waals surface area (Å²) in [4.78, 5) is 29.2. The molecule has 0 aliphatic rings. The normalized spacial score (nSPS) is 13.9. The number of methoxy groups -OCH3 is 1.